The number of esters is 1. The first-order chi connectivity index (χ1) is 7.15. The SMILES string of the molecule is COC(=O)C(C)CN(C)c1ncccn1. The Morgan fingerprint density at radius 2 is 2.13 bits per heavy atom. The fraction of sp³-hybridized carbons (Fsp3) is 0.500. The summed E-state index contributed by atoms with van der Waals surface area (Å²) in [5.74, 6) is 0.190. The van der Waals surface area contributed by atoms with Crippen LogP contribution in [0.5, 0.6) is 0 Å². The van der Waals surface area contributed by atoms with E-state index in [0.717, 1.165) is 0 Å². The minimum Gasteiger partial charge on any atom is -0.469 e. The van der Waals surface area contributed by atoms with Gasteiger partial charge in [0.2, 0.25) is 5.95 Å². The van der Waals surface area contributed by atoms with Gasteiger partial charge in [0.15, 0.2) is 0 Å². The number of aromatic nitrogens is 2. The van der Waals surface area contributed by atoms with Gasteiger partial charge in [0.1, 0.15) is 0 Å². The number of ether oxygens (including phenoxy) is 1. The van der Waals surface area contributed by atoms with Gasteiger partial charge in [-0.2, -0.15) is 0 Å². The zero-order valence-electron chi connectivity index (χ0n) is 9.17. The topological polar surface area (TPSA) is 55.3 Å². The van der Waals surface area contributed by atoms with Crippen LogP contribution in [0.4, 0.5) is 5.95 Å². The second-order valence-corrected chi connectivity index (χ2v) is 3.35. The molecule has 0 fully saturated rings. The number of methoxy groups -OCH3 is 1. The third-order valence-corrected chi connectivity index (χ3v) is 2.04. The molecule has 1 heterocycles. The van der Waals surface area contributed by atoms with Gasteiger partial charge in [-0.1, -0.05) is 6.92 Å². The minimum atomic E-state index is -0.224. The van der Waals surface area contributed by atoms with Crippen molar-refractivity contribution in [1.29, 1.82) is 0 Å². The van der Waals surface area contributed by atoms with Crippen molar-refractivity contribution < 1.29 is 9.53 Å². The van der Waals surface area contributed by atoms with E-state index in [1.165, 1.54) is 7.11 Å². The van der Waals surface area contributed by atoms with E-state index in [1.807, 2.05) is 18.9 Å². The third kappa shape index (κ3) is 3.19. The largest absolute Gasteiger partial charge is 0.469 e. The minimum absolute atomic E-state index is 0.191. The van der Waals surface area contributed by atoms with Gasteiger partial charge >= 0.3 is 5.97 Å². The molecule has 0 saturated carbocycles. The Hall–Kier alpha value is -1.65. The highest BCUT2D eigenvalue weighted by Gasteiger charge is 2.16. The fourth-order valence-corrected chi connectivity index (χ4v) is 1.26. The second-order valence-electron chi connectivity index (χ2n) is 3.35. The molecule has 0 radical (unpaired) electrons. The first-order valence-electron chi connectivity index (χ1n) is 4.71. The Morgan fingerprint density at radius 3 is 2.67 bits per heavy atom. The highest BCUT2D eigenvalue weighted by Crippen LogP contribution is 2.06. The molecular weight excluding hydrogens is 194 g/mol. The van der Waals surface area contributed by atoms with E-state index < -0.39 is 0 Å². The summed E-state index contributed by atoms with van der Waals surface area (Å²) in [6.45, 7) is 2.35. The highest BCUT2D eigenvalue weighted by atomic mass is 16.5. The molecule has 0 aromatic carbocycles. The van der Waals surface area contributed by atoms with Crippen molar-refractivity contribution in [2.24, 2.45) is 5.92 Å². The Kier molecular flexibility index (Phi) is 4.03. The van der Waals surface area contributed by atoms with E-state index in [4.69, 9.17) is 0 Å². The molecule has 0 aliphatic heterocycles. The number of hydrogen-bond donors (Lipinski definition) is 0. The zero-order valence-corrected chi connectivity index (χ0v) is 9.17. The molecule has 5 nitrogen and oxygen atoms in total. The van der Waals surface area contributed by atoms with E-state index in [2.05, 4.69) is 14.7 Å². The summed E-state index contributed by atoms with van der Waals surface area (Å²) in [4.78, 5) is 21.2. The number of anilines is 1. The van der Waals surface area contributed by atoms with Gasteiger partial charge in [-0.3, -0.25) is 4.79 Å². The summed E-state index contributed by atoms with van der Waals surface area (Å²) in [6, 6.07) is 1.75. The van der Waals surface area contributed by atoms with Crippen LogP contribution < -0.4 is 4.90 Å². The Bertz CT molecular complexity index is 316. The third-order valence-electron chi connectivity index (χ3n) is 2.04. The molecule has 82 valence electrons. The van der Waals surface area contributed by atoms with Crippen LogP contribution in [-0.2, 0) is 9.53 Å². The molecule has 15 heavy (non-hydrogen) atoms. The van der Waals surface area contributed by atoms with E-state index in [0.29, 0.717) is 12.5 Å². The molecular formula is C10H15N3O2. The van der Waals surface area contributed by atoms with Crippen molar-refractivity contribution in [2.75, 3.05) is 25.6 Å². The zero-order chi connectivity index (χ0) is 11.3. The molecule has 1 atom stereocenters. The first-order valence-corrected chi connectivity index (χ1v) is 4.71. The molecule has 5 heteroatoms. The average molecular weight is 209 g/mol. The number of hydrogen-bond acceptors (Lipinski definition) is 5. The maximum absolute atomic E-state index is 11.2. The van der Waals surface area contributed by atoms with Gasteiger partial charge in [0.25, 0.3) is 0 Å². The van der Waals surface area contributed by atoms with Crippen molar-refractivity contribution in [3.05, 3.63) is 18.5 Å². The normalized spacial score (nSPS) is 11.9. The number of carbonyl (C=O) groups excluding carboxylic acids is 1. The van der Waals surface area contributed by atoms with Crippen LogP contribution in [0.1, 0.15) is 6.92 Å². The van der Waals surface area contributed by atoms with Crippen LogP contribution in [0.2, 0.25) is 0 Å². The van der Waals surface area contributed by atoms with Gasteiger partial charge in [-0.25, -0.2) is 9.97 Å². The molecule has 0 amide bonds. The summed E-state index contributed by atoms with van der Waals surface area (Å²) < 4.78 is 4.64. The van der Waals surface area contributed by atoms with Gasteiger partial charge in [-0.05, 0) is 6.07 Å². The Balaban J connectivity index is 2.56. The standard InChI is InChI=1S/C10H15N3O2/c1-8(9(14)15-3)7-13(2)10-11-5-4-6-12-10/h4-6,8H,7H2,1-3H3. The Labute approximate surface area is 89.1 Å². The van der Waals surface area contributed by atoms with Crippen molar-refractivity contribution in [2.45, 2.75) is 6.92 Å². The maximum atomic E-state index is 11.2. The molecule has 1 rings (SSSR count). The Morgan fingerprint density at radius 1 is 1.53 bits per heavy atom. The van der Waals surface area contributed by atoms with Crippen LogP contribution in [-0.4, -0.2) is 36.6 Å². The van der Waals surface area contributed by atoms with Gasteiger partial charge in [-0.15, -0.1) is 0 Å². The van der Waals surface area contributed by atoms with Crippen molar-refractivity contribution >= 4 is 11.9 Å². The molecule has 0 bridgehead atoms. The second kappa shape index (κ2) is 5.29. The van der Waals surface area contributed by atoms with E-state index in [1.54, 1.807) is 18.5 Å². The van der Waals surface area contributed by atoms with Crippen LogP contribution >= 0.6 is 0 Å². The molecule has 1 aromatic rings. The molecule has 0 saturated heterocycles. The van der Waals surface area contributed by atoms with Crippen molar-refractivity contribution in [3.63, 3.8) is 0 Å². The number of carbonyl (C=O) groups is 1. The van der Waals surface area contributed by atoms with Crippen LogP contribution in [0.15, 0.2) is 18.5 Å². The summed E-state index contributed by atoms with van der Waals surface area (Å²) in [6.07, 6.45) is 3.34. The molecule has 0 spiro atoms. The molecule has 0 N–H and O–H groups in total. The predicted molar refractivity (Wildman–Crippen MR) is 56.5 cm³/mol. The quantitative estimate of drug-likeness (QED) is 0.684. The molecule has 1 aromatic heterocycles. The molecule has 0 aliphatic carbocycles. The fourth-order valence-electron chi connectivity index (χ4n) is 1.26. The lowest BCUT2D eigenvalue weighted by molar-refractivity contribution is -0.144. The summed E-state index contributed by atoms with van der Waals surface area (Å²) in [5.41, 5.74) is 0. The van der Waals surface area contributed by atoms with Crippen LogP contribution in [0, 0.1) is 5.92 Å². The average Bonchev–Trinajstić information content (AvgIpc) is 2.29. The predicted octanol–water partition coefficient (Wildman–Crippen LogP) is 0.722. The van der Waals surface area contributed by atoms with Gasteiger partial charge < -0.3 is 9.64 Å². The van der Waals surface area contributed by atoms with Gasteiger partial charge in [0.05, 0.1) is 13.0 Å². The summed E-state index contributed by atoms with van der Waals surface area (Å²) in [7, 11) is 3.23. The lowest BCUT2D eigenvalue weighted by Gasteiger charge is -2.19. The van der Waals surface area contributed by atoms with Gasteiger partial charge in [0, 0.05) is 26.0 Å². The maximum Gasteiger partial charge on any atom is 0.310 e. The highest BCUT2D eigenvalue weighted by molar-refractivity contribution is 5.72. The van der Waals surface area contributed by atoms with E-state index in [9.17, 15) is 4.79 Å². The molecule has 0 aliphatic rings. The van der Waals surface area contributed by atoms with E-state index in [-0.39, 0.29) is 11.9 Å². The molecule has 1 unspecified atom stereocenters. The summed E-state index contributed by atoms with van der Waals surface area (Å²) >= 11 is 0. The summed E-state index contributed by atoms with van der Waals surface area (Å²) in [5, 5.41) is 0. The number of rotatable bonds is 4. The smallest absolute Gasteiger partial charge is 0.310 e. The lowest BCUT2D eigenvalue weighted by Crippen LogP contribution is -2.30. The van der Waals surface area contributed by atoms with Crippen molar-refractivity contribution in [1.82, 2.24) is 9.97 Å². The van der Waals surface area contributed by atoms with Crippen LogP contribution in [0.25, 0.3) is 0 Å². The lowest BCUT2D eigenvalue weighted by atomic mass is 10.2. The first kappa shape index (κ1) is 11.4. The van der Waals surface area contributed by atoms with E-state index >= 15 is 0 Å². The monoisotopic (exact) mass is 209 g/mol. The van der Waals surface area contributed by atoms with Crippen molar-refractivity contribution in [3.8, 4) is 0 Å². The number of nitrogens with zero attached hydrogens (tertiary/aromatic N) is 3. The van der Waals surface area contributed by atoms with Crippen LogP contribution in [0.3, 0.4) is 0 Å².